The number of carbonyl (C=O) groups is 1. The highest BCUT2D eigenvalue weighted by Gasteiger charge is 2.26. The Labute approximate surface area is 198 Å². The summed E-state index contributed by atoms with van der Waals surface area (Å²) in [7, 11) is 1.42. The van der Waals surface area contributed by atoms with E-state index in [1.165, 1.54) is 23.8 Å². The zero-order valence-corrected chi connectivity index (χ0v) is 18.9. The first-order valence-electron chi connectivity index (χ1n) is 11.4. The Bertz CT molecular complexity index is 1460. The largest absolute Gasteiger partial charge is 0.470 e. The highest BCUT2D eigenvalue weighted by atomic mass is 19.2. The van der Waals surface area contributed by atoms with Crippen LogP contribution < -0.4 is 10.1 Å². The quantitative estimate of drug-likeness (QED) is 0.472. The molecule has 1 saturated heterocycles. The van der Waals surface area contributed by atoms with Gasteiger partial charge in [-0.15, -0.1) is 5.10 Å². The van der Waals surface area contributed by atoms with E-state index in [0.717, 1.165) is 48.7 Å². The Morgan fingerprint density at radius 2 is 2.09 bits per heavy atom. The summed E-state index contributed by atoms with van der Waals surface area (Å²) in [6.07, 6.45) is 5.64. The Kier molecular flexibility index (Phi) is 5.21. The predicted octanol–water partition coefficient (Wildman–Crippen LogP) is 3.01. The number of amides is 1. The highest BCUT2D eigenvalue weighted by molar-refractivity contribution is 5.95. The number of benzene rings is 1. The number of imidazole rings is 1. The van der Waals surface area contributed by atoms with Crippen LogP contribution in [0.3, 0.4) is 0 Å². The van der Waals surface area contributed by atoms with E-state index < -0.39 is 17.5 Å². The maximum atomic E-state index is 14.9. The summed E-state index contributed by atoms with van der Waals surface area (Å²) in [5.74, 6) is -2.43. The van der Waals surface area contributed by atoms with Gasteiger partial charge in [0, 0.05) is 42.4 Å². The fourth-order valence-electron chi connectivity index (χ4n) is 4.67. The maximum absolute atomic E-state index is 14.9. The molecule has 11 heteroatoms. The van der Waals surface area contributed by atoms with Crippen LogP contribution in [0.4, 0.5) is 8.78 Å². The topological polar surface area (TPSA) is 95.6 Å². The molecule has 1 aromatic carbocycles. The molecule has 1 unspecified atom stereocenters. The normalized spacial score (nSPS) is 17.2. The molecule has 0 spiro atoms. The Balaban J connectivity index is 1.53. The van der Waals surface area contributed by atoms with E-state index in [-0.39, 0.29) is 22.9 Å². The van der Waals surface area contributed by atoms with Gasteiger partial charge in [0.05, 0.1) is 36.9 Å². The third-order valence-corrected chi connectivity index (χ3v) is 6.44. The monoisotopic (exact) mass is 480 g/mol. The predicted molar refractivity (Wildman–Crippen MR) is 121 cm³/mol. The van der Waals surface area contributed by atoms with Gasteiger partial charge in [0.25, 0.3) is 5.91 Å². The van der Waals surface area contributed by atoms with Gasteiger partial charge in [0.15, 0.2) is 17.3 Å². The van der Waals surface area contributed by atoms with Gasteiger partial charge in [-0.05, 0) is 31.0 Å². The molecule has 3 aromatic heterocycles. The number of rotatable bonds is 5. The molecule has 1 atom stereocenters. The van der Waals surface area contributed by atoms with E-state index in [2.05, 4.69) is 20.5 Å². The Hall–Kier alpha value is -3.86. The minimum absolute atomic E-state index is 0.0111. The van der Waals surface area contributed by atoms with Crippen molar-refractivity contribution < 1.29 is 23.0 Å². The molecule has 4 aromatic rings. The minimum atomic E-state index is -1.14. The number of fused-ring (bicyclic) bond motifs is 2. The van der Waals surface area contributed by atoms with Crippen molar-refractivity contribution in [3.8, 4) is 28.3 Å². The van der Waals surface area contributed by atoms with E-state index in [0.29, 0.717) is 24.7 Å². The molecule has 2 aliphatic rings. The number of aryl methyl sites for hydroxylation is 1. The molecule has 2 aliphatic heterocycles. The van der Waals surface area contributed by atoms with Gasteiger partial charge in [-0.3, -0.25) is 9.48 Å². The fourth-order valence-corrected chi connectivity index (χ4v) is 4.67. The van der Waals surface area contributed by atoms with Crippen molar-refractivity contribution in [2.24, 2.45) is 0 Å². The number of nitrogens with one attached hydrogen (secondary N) is 1. The Morgan fingerprint density at radius 1 is 1.20 bits per heavy atom. The second-order valence-electron chi connectivity index (χ2n) is 8.61. The van der Waals surface area contributed by atoms with E-state index >= 15 is 0 Å². The molecule has 0 bridgehead atoms. The summed E-state index contributed by atoms with van der Waals surface area (Å²) < 4.78 is 44.4. The summed E-state index contributed by atoms with van der Waals surface area (Å²) in [4.78, 5) is 16.5. The van der Waals surface area contributed by atoms with Gasteiger partial charge in [0.1, 0.15) is 6.10 Å². The zero-order valence-electron chi connectivity index (χ0n) is 18.9. The Morgan fingerprint density at radius 3 is 2.89 bits per heavy atom. The van der Waals surface area contributed by atoms with Crippen molar-refractivity contribution in [3.63, 3.8) is 0 Å². The van der Waals surface area contributed by atoms with Gasteiger partial charge < -0.3 is 14.8 Å². The van der Waals surface area contributed by atoms with Gasteiger partial charge in [-0.1, -0.05) is 0 Å². The number of ether oxygens (including phenoxy) is 2. The molecule has 1 fully saturated rings. The van der Waals surface area contributed by atoms with Crippen molar-refractivity contribution in [1.82, 2.24) is 29.7 Å². The van der Waals surface area contributed by atoms with Crippen molar-refractivity contribution in [2.45, 2.75) is 31.9 Å². The van der Waals surface area contributed by atoms with Crippen LogP contribution in [0, 0.1) is 11.6 Å². The van der Waals surface area contributed by atoms with Crippen LogP contribution in [0.2, 0.25) is 0 Å². The van der Waals surface area contributed by atoms with Gasteiger partial charge in [-0.2, -0.15) is 5.10 Å². The second kappa shape index (κ2) is 8.42. The lowest BCUT2D eigenvalue weighted by Gasteiger charge is -2.15. The molecule has 1 N–H and O–H groups in total. The number of carbonyl (C=O) groups excluding carboxylic acids is 1. The molecule has 9 nitrogen and oxygen atoms in total. The second-order valence-corrected chi connectivity index (χ2v) is 8.61. The SMILES string of the molecule is CNC(=O)c1cc(F)c(F)c(-c2cnc3cc(-c4cnn5c4CCC5)c(OC4CCOC4)nn23)c1. The summed E-state index contributed by atoms with van der Waals surface area (Å²) in [5, 5.41) is 11.6. The summed E-state index contributed by atoms with van der Waals surface area (Å²) in [6, 6.07) is 3.96. The first-order chi connectivity index (χ1) is 17.0. The molecule has 6 rings (SSSR count). The molecule has 35 heavy (non-hydrogen) atoms. The molecule has 180 valence electrons. The molecule has 0 saturated carbocycles. The molecule has 1 amide bonds. The third-order valence-electron chi connectivity index (χ3n) is 6.44. The van der Waals surface area contributed by atoms with Crippen LogP contribution in [0.25, 0.3) is 28.0 Å². The molecule has 5 heterocycles. The lowest BCUT2D eigenvalue weighted by Crippen LogP contribution is -2.18. The van der Waals surface area contributed by atoms with Crippen molar-refractivity contribution >= 4 is 11.6 Å². The fraction of sp³-hybridized carbons (Fsp3) is 0.333. The first-order valence-corrected chi connectivity index (χ1v) is 11.4. The van der Waals surface area contributed by atoms with E-state index in [1.807, 2.05) is 10.7 Å². The van der Waals surface area contributed by atoms with Crippen LogP contribution in [0.5, 0.6) is 5.88 Å². The number of hydrogen-bond acceptors (Lipinski definition) is 6. The van der Waals surface area contributed by atoms with E-state index in [9.17, 15) is 13.6 Å². The van der Waals surface area contributed by atoms with Crippen LogP contribution in [0.1, 0.15) is 28.9 Å². The maximum Gasteiger partial charge on any atom is 0.251 e. The minimum Gasteiger partial charge on any atom is -0.470 e. The number of hydrogen-bond donors (Lipinski definition) is 1. The summed E-state index contributed by atoms with van der Waals surface area (Å²) >= 11 is 0. The van der Waals surface area contributed by atoms with Crippen LogP contribution in [-0.4, -0.2) is 56.7 Å². The smallest absolute Gasteiger partial charge is 0.251 e. The lowest BCUT2D eigenvalue weighted by atomic mass is 10.1. The van der Waals surface area contributed by atoms with Gasteiger partial charge >= 0.3 is 0 Å². The van der Waals surface area contributed by atoms with Gasteiger partial charge in [-0.25, -0.2) is 18.3 Å². The number of aromatic nitrogens is 5. The van der Waals surface area contributed by atoms with Crippen molar-refractivity contribution in [3.05, 3.63) is 53.5 Å². The van der Waals surface area contributed by atoms with Crippen LogP contribution in [-0.2, 0) is 17.7 Å². The van der Waals surface area contributed by atoms with E-state index in [4.69, 9.17) is 9.47 Å². The van der Waals surface area contributed by atoms with Crippen molar-refractivity contribution in [2.75, 3.05) is 20.3 Å². The summed E-state index contributed by atoms with van der Waals surface area (Å²) in [5.41, 5.74) is 3.22. The number of halogens is 2. The van der Waals surface area contributed by atoms with Crippen LogP contribution >= 0.6 is 0 Å². The third kappa shape index (κ3) is 3.63. The molecule has 0 radical (unpaired) electrons. The zero-order chi connectivity index (χ0) is 24.1. The first kappa shape index (κ1) is 21.7. The average Bonchev–Trinajstić information content (AvgIpc) is 3.65. The highest BCUT2D eigenvalue weighted by Crippen LogP contribution is 2.36. The lowest BCUT2D eigenvalue weighted by molar-refractivity contribution is 0.0962. The standard InChI is InChI=1S/C24H22F2N6O3/c1-27-23(33)13-7-16(22(26)18(25)8-13)20-11-28-21-9-15(17-10-29-31-5-2-3-19(17)31)24(30-32(20)21)35-14-4-6-34-12-14/h7-11,14H,2-6,12H2,1H3,(H,27,33). The molecular weight excluding hydrogens is 458 g/mol. The molecular formula is C24H22F2N6O3. The van der Waals surface area contributed by atoms with Crippen molar-refractivity contribution in [1.29, 1.82) is 0 Å². The number of nitrogens with zero attached hydrogens (tertiary/aromatic N) is 5. The van der Waals surface area contributed by atoms with Gasteiger partial charge in [0.2, 0.25) is 5.88 Å². The van der Waals surface area contributed by atoms with Crippen LogP contribution in [0.15, 0.2) is 30.6 Å². The summed E-state index contributed by atoms with van der Waals surface area (Å²) in [6.45, 7) is 1.90. The van der Waals surface area contributed by atoms with E-state index in [1.54, 1.807) is 6.20 Å². The average molecular weight is 480 g/mol. The molecule has 0 aliphatic carbocycles.